The Morgan fingerprint density at radius 3 is 1.64 bits per heavy atom. The molecule has 0 aliphatic heterocycles. The Morgan fingerprint density at radius 1 is 1.00 bits per heavy atom. The summed E-state index contributed by atoms with van der Waals surface area (Å²) >= 11 is 0. The van der Waals surface area contributed by atoms with Gasteiger partial charge in [-0.05, 0) is 0 Å². The van der Waals surface area contributed by atoms with Gasteiger partial charge in [-0.3, -0.25) is 18.7 Å². The highest BCUT2D eigenvalue weighted by Gasteiger charge is 2.55. The van der Waals surface area contributed by atoms with Gasteiger partial charge >= 0.3 is 27.1 Å². The molecule has 0 amide bonds. The Kier molecular flexibility index (Phi) is 5.29. The van der Waals surface area contributed by atoms with Crippen molar-refractivity contribution in [3.8, 4) is 0 Å². The normalized spacial score (nSPS) is 16.7. The first-order valence-electron chi connectivity index (χ1n) is 5.42. The van der Waals surface area contributed by atoms with Gasteiger partial charge in [0.1, 0.15) is 0 Å². The van der Waals surface area contributed by atoms with Crippen molar-refractivity contribution >= 4 is 27.1 Å². The van der Waals surface area contributed by atoms with E-state index in [4.69, 9.17) is 29.8 Å². The number of carboxylic acids is 2. The molecule has 0 aromatic carbocycles. The molecule has 7 N–H and O–H groups in total. The predicted octanol–water partition coefficient (Wildman–Crippen LogP) is -1.24. The molecule has 22 heavy (non-hydrogen) atoms. The predicted molar refractivity (Wildman–Crippen MR) is 68.3 cm³/mol. The van der Waals surface area contributed by atoms with Crippen molar-refractivity contribution in [1.82, 2.24) is 9.97 Å². The number of hydrogen-bond acceptors (Lipinski definition) is 5. The topological polar surface area (TPSA) is 218 Å². The Morgan fingerprint density at radius 2 is 1.41 bits per heavy atom. The molecule has 0 saturated carbocycles. The Labute approximate surface area is 122 Å². The maximum atomic E-state index is 11.4. The second-order valence-electron chi connectivity index (χ2n) is 4.26. The number of hydrogen-bond donors (Lipinski definition) is 7. The number of nitrogens with one attached hydrogen (secondary N) is 1. The average Bonchev–Trinajstić information content (AvgIpc) is 2.75. The van der Waals surface area contributed by atoms with Crippen LogP contribution >= 0.6 is 15.2 Å². The molecular formula is C8H12N2O10P2. The van der Waals surface area contributed by atoms with Crippen LogP contribution in [0, 0.1) is 0 Å². The first-order chi connectivity index (χ1) is 9.87. The van der Waals surface area contributed by atoms with Gasteiger partial charge in [0.25, 0.3) is 0 Å². The van der Waals surface area contributed by atoms with Crippen LogP contribution in [-0.2, 0) is 18.7 Å². The summed E-state index contributed by atoms with van der Waals surface area (Å²) in [6.07, 6.45) is 1.85. The summed E-state index contributed by atoms with van der Waals surface area (Å²) in [6, 6.07) is 0. The van der Waals surface area contributed by atoms with Gasteiger partial charge in [-0.25, -0.2) is 4.98 Å². The van der Waals surface area contributed by atoms with Crippen LogP contribution in [0.5, 0.6) is 0 Å². The van der Waals surface area contributed by atoms with E-state index < -0.39 is 50.1 Å². The molecule has 2 atom stereocenters. The molecule has 0 aliphatic rings. The minimum Gasteiger partial charge on any atom is -0.481 e. The van der Waals surface area contributed by atoms with Gasteiger partial charge in [-0.2, -0.15) is 0 Å². The van der Waals surface area contributed by atoms with E-state index >= 15 is 0 Å². The van der Waals surface area contributed by atoms with Crippen molar-refractivity contribution in [2.24, 2.45) is 0 Å². The van der Waals surface area contributed by atoms with Crippen LogP contribution < -0.4 is 0 Å². The second-order valence-corrected chi connectivity index (χ2v) is 7.73. The van der Waals surface area contributed by atoms with Crippen molar-refractivity contribution in [2.45, 2.75) is 17.2 Å². The Balaban J connectivity index is 3.61. The van der Waals surface area contributed by atoms with Gasteiger partial charge in [0.15, 0.2) is 11.3 Å². The van der Waals surface area contributed by atoms with Crippen molar-refractivity contribution < 1.29 is 48.5 Å². The molecule has 2 unspecified atom stereocenters. The lowest BCUT2D eigenvalue weighted by Gasteiger charge is -2.28. The number of imidazole rings is 1. The minimum atomic E-state index is -5.45. The van der Waals surface area contributed by atoms with Gasteiger partial charge in [0.2, 0.25) is 0 Å². The molecular weight excluding hydrogens is 346 g/mol. The van der Waals surface area contributed by atoms with E-state index in [1.807, 2.05) is 0 Å². The lowest BCUT2D eigenvalue weighted by molar-refractivity contribution is -0.139. The van der Waals surface area contributed by atoms with Crippen molar-refractivity contribution in [2.75, 3.05) is 0 Å². The van der Waals surface area contributed by atoms with E-state index in [-0.39, 0.29) is 0 Å². The van der Waals surface area contributed by atoms with Crippen molar-refractivity contribution in [3.05, 3.63) is 18.2 Å². The Bertz CT molecular complexity index is 606. The third-order valence-electron chi connectivity index (χ3n) is 2.77. The van der Waals surface area contributed by atoms with Crippen molar-refractivity contribution in [1.29, 1.82) is 0 Å². The third kappa shape index (κ3) is 4.01. The highest BCUT2D eigenvalue weighted by atomic mass is 31.2. The summed E-state index contributed by atoms with van der Waals surface area (Å²) in [4.78, 5) is 64.7. The quantitative estimate of drug-likeness (QED) is 0.286. The number of nitrogens with zero attached hydrogens (tertiary/aromatic N) is 1. The number of carboxylic acid groups (broad SMARTS) is 2. The largest absolute Gasteiger partial charge is 0.481 e. The summed E-state index contributed by atoms with van der Waals surface area (Å²) < 4.78 is 22.8. The smallest absolute Gasteiger partial charge is 0.340 e. The molecule has 0 spiro atoms. The summed E-state index contributed by atoms with van der Waals surface area (Å²) in [5.74, 6) is -6.47. The maximum absolute atomic E-state index is 11.4. The van der Waals surface area contributed by atoms with Crippen LogP contribution in [0.1, 0.15) is 11.6 Å². The lowest BCUT2D eigenvalue weighted by Crippen LogP contribution is -2.39. The molecule has 0 saturated heterocycles. The number of rotatable bonds is 7. The number of H-pyrrole nitrogens is 1. The zero-order valence-corrected chi connectivity index (χ0v) is 12.3. The monoisotopic (exact) mass is 358 g/mol. The van der Waals surface area contributed by atoms with Gasteiger partial charge in [-0.15, -0.1) is 0 Å². The molecule has 124 valence electrons. The number of aromatic nitrogens is 2. The molecule has 12 nitrogen and oxygen atoms in total. The second kappa shape index (κ2) is 6.29. The van der Waals surface area contributed by atoms with Crippen LogP contribution in [0.15, 0.2) is 12.5 Å². The molecule has 1 rings (SSSR count). The zero-order chi connectivity index (χ0) is 17.3. The lowest BCUT2D eigenvalue weighted by atomic mass is 9.97. The van der Waals surface area contributed by atoms with Crippen LogP contribution in [0.2, 0.25) is 0 Å². The Hall–Kier alpha value is -1.55. The molecule has 0 bridgehead atoms. The first kappa shape index (κ1) is 18.5. The van der Waals surface area contributed by atoms with Gasteiger partial charge in [0, 0.05) is 6.20 Å². The van der Waals surface area contributed by atoms with E-state index in [1.54, 1.807) is 0 Å². The van der Waals surface area contributed by atoms with Gasteiger partial charge < -0.3 is 34.8 Å². The van der Waals surface area contributed by atoms with Gasteiger partial charge in [-0.1, -0.05) is 0 Å². The van der Waals surface area contributed by atoms with Gasteiger partial charge in [0.05, 0.1) is 17.9 Å². The number of aromatic amines is 1. The number of aliphatic carboxylic acids is 2. The third-order valence-corrected chi connectivity index (χ3v) is 5.31. The molecule has 0 radical (unpaired) electrons. The van der Waals surface area contributed by atoms with E-state index in [0.717, 1.165) is 12.5 Å². The average molecular weight is 358 g/mol. The molecule has 14 heteroatoms. The first-order valence-corrected chi connectivity index (χ1v) is 8.78. The summed E-state index contributed by atoms with van der Waals surface area (Å²) in [5.41, 5.74) is -5.89. The molecule has 1 aromatic rings. The highest BCUT2D eigenvalue weighted by Crippen LogP contribution is 2.56. The van der Waals surface area contributed by atoms with E-state index in [0.29, 0.717) is 0 Å². The fourth-order valence-electron chi connectivity index (χ4n) is 1.96. The summed E-state index contributed by atoms with van der Waals surface area (Å²) in [5, 5.41) is 18.0. The summed E-state index contributed by atoms with van der Waals surface area (Å²) in [7, 11) is -10.9. The summed E-state index contributed by atoms with van der Waals surface area (Å²) in [6.45, 7) is 0. The number of carbonyl (C=O) groups is 2. The van der Waals surface area contributed by atoms with Crippen LogP contribution in [0.25, 0.3) is 0 Å². The van der Waals surface area contributed by atoms with E-state index in [9.17, 15) is 18.7 Å². The minimum absolute atomic E-state index is 0.508. The van der Waals surface area contributed by atoms with Crippen LogP contribution in [-0.4, -0.2) is 63.0 Å². The van der Waals surface area contributed by atoms with E-state index in [1.165, 1.54) is 0 Å². The fourth-order valence-corrected chi connectivity index (χ4v) is 4.16. The fraction of sp³-hybridized carbons (Fsp3) is 0.375. The highest BCUT2D eigenvalue weighted by molar-refractivity contribution is 7.55. The van der Waals surface area contributed by atoms with Crippen LogP contribution in [0.3, 0.4) is 0 Å². The standard InChI is InChI=1S/C8H12N2O10P2/c11-7(12)5(21(15,16)17)4(3-1-9-2-10-3)6(8(13)14)22(18,19)20/h1-2,4-6H,(H,9,10)(H,11,12)(H,13,14)(H2,15,16,17)(H2,18,19,20). The molecule has 0 aliphatic carbocycles. The molecule has 1 heterocycles. The SMILES string of the molecule is O=C(O)C(C(c1c[nH]cn1)C(C(=O)O)P(=O)(O)O)P(=O)(O)O. The molecule has 0 fully saturated rings. The maximum Gasteiger partial charge on any atom is 0.340 e. The molecule has 1 aromatic heterocycles. The van der Waals surface area contributed by atoms with Crippen molar-refractivity contribution in [3.63, 3.8) is 0 Å². The van der Waals surface area contributed by atoms with Crippen LogP contribution in [0.4, 0.5) is 0 Å². The van der Waals surface area contributed by atoms with E-state index in [2.05, 4.69) is 9.97 Å². The zero-order valence-electron chi connectivity index (χ0n) is 10.5.